The average Bonchev–Trinajstić information content (AvgIpc) is 2.66. The minimum absolute atomic E-state index is 0.159. The van der Waals surface area contributed by atoms with E-state index in [4.69, 9.17) is 4.74 Å². The van der Waals surface area contributed by atoms with E-state index >= 15 is 0 Å². The largest absolute Gasteiger partial charge is 0.490 e. The summed E-state index contributed by atoms with van der Waals surface area (Å²) in [4.78, 5) is 13.0. The number of nitro groups is 1. The Bertz CT molecular complexity index is 305. The molecule has 7 nitrogen and oxygen atoms in total. The zero-order chi connectivity index (χ0) is 8.55. The molecule has 1 atom stereocenters. The van der Waals surface area contributed by atoms with E-state index in [0.29, 0.717) is 13.2 Å². The third-order valence-electron chi connectivity index (χ3n) is 1.48. The molecule has 0 aromatic carbocycles. The highest BCUT2D eigenvalue weighted by Crippen LogP contribution is 2.11. The molecule has 2 rings (SSSR count). The summed E-state index contributed by atoms with van der Waals surface area (Å²) in [5.41, 5.74) is 0. The van der Waals surface area contributed by atoms with Crippen LogP contribution < -0.4 is 0 Å². The van der Waals surface area contributed by atoms with Gasteiger partial charge in [-0.05, 0) is 4.92 Å². The van der Waals surface area contributed by atoms with Crippen molar-refractivity contribution in [2.75, 3.05) is 6.61 Å². The summed E-state index contributed by atoms with van der Waals surface area (Å²) < 4.78 is 6.34. The maximum absolute atomic E-state index is 10.2. The summed E-state index contributed by atoms with van der Waals surface area (Å²) in [6, 6.07) is 0. The molecule has 1 aromatic rings. The van der Waals surface area contributed by atoms with Crippen molar-refractivity contribution in [3.05, 3.63) is 16.4 Å². The monoisotopic (exact) mass is 170 g/mol. The van der Waals surface area contributed by atoms with Gasteiger partial charge in [0.15, 0.2) is 0 Å². The highest BCUT2D eigenvalue weighted by atomic mass is 16.6. The number of hydrogen-bond donors (Lipinski definition) is 0. The third kappa shape index (κ3) is 1.40. The topological polar surface area (TPSA) is 86.4 Å². The molecule has 1 unspecified atom stereocenters. The number of epoxide rings is 1. The fourth-order valence-electron chi connectivity index (χ4n) is 0.839. The molecule has 1 saturated heterocycles. The van der Waals surface area contributed by atoms with Gasteiger partial charge in [-0.25, -0.2) is 0 Å². The van der Waals surface area contributed by atoms with Gasteiger partial charge in [-0.3, -0.25) is 0 Å². The van der Waals surface area contributed by atoms with Crippen LogP contribution in [0, 0.1) is 10.1 Å². The Morgan fingerprint density at radius 2 is 2.67 bits per heavy atom. The van der Waals surface area contributed by atoms with Gasteiger partial charge in [0.2, 0.25) is 6.33 Å². The number of aromatic nitrogens is 3. The molecular formula is C5H6N4O3. The SMILES string of the molecule is O=[N+]([O-])c1ncn(CC2CO2)n1. The van der Waals surface area contributed by atoms with Crippen LogP contribution in [-0.4, -0.2) is 32.4 Å². The second-order valence-electron chi connectivity index (χ2n) is 2.48. The Labute approximate surface area is 67.1 Å². The quantitative estimate of drug-likeness (QED) is 0.349. The number of ether oxygens (including phenoxy) is 1. The first-order chi connectivity index (χ1) is 5.75. The summed E-state index contributed by atoms with van der Waals surface area (Å²) in [5, 5.41) is 13.8. The second-order valence-corrected chi connectivity index (χ2v) is 2.48. The maximum atomic E-state index is 10.2. The third-order valence-corrected chi connectivity index (χ3v) is 1.48. The van der Waals surface area contributed by atoms with E-state index in [1.165, 1.54) is 11.0 Å². The molecular weight excluding hydrogens is 164 g/mol. The Kier molecular flexibility index (Phi) is 1.51. The fourth-order valence-corrected chi connectivity index (χ4v) is 0.839. The van der Waals surface area contributed by atoms with E-state index in [9.17, 15) is 10.1 Å². The molecule has 0 aliphatic carbocycles. The second kappa shape index (κ2) is 2.52. The standard InChI is InChI=1S/C5H6N4O3/c10-9(11)5-6-3-8(7-5)1-4-2-12-4/h3-4H,1-2H2. The highest BCUT2D eigenvalue weighted by Gasteiger charge is 2.25. The first-order valence-corrected chi connectivity index (χ1v) is 3.41. The maximum Gasteiger partial charge on any atom is 0.490 e. The van der Waals surface area contributed by atoms with Crippen molar-refractivity contribution in [3.63, 3.8) is 0 Å². The molecule has 0 bridgehead atoms. The first-order valence-electron chi connectivity index (χ1n) is 3.41. The van der Waals surface area contributed by atoms with Crippen molar-refractivity contribution >= 4 is 5.95 Å². The molecule has 1 aromatic heterocycles. The van der Waals surface area contributed by atoms with Crippen LogP contribution in [0.15, 0.2) is 6.33 Å². The van der Waals surface area contributed by atoms with Crippen molar-refractivity contribution < 1.29 is 9.66 Å². The van der Waals surface area contributed by atoms with Gasteiger partial charge < -0.3 is 14.9 Å². The lowest BCUT2D eigenvalue weighted by Gasteiger charge is -1.87. The molecule has 1 aliphatic rings. The lowest BCUT2D eigenvalue weighted by atomic mass is 10.5. The molecule has 0 saturated carbocycles. The molecule has 1 aliphatic heterocycles. The molecule has 64 valence electrons. The molecule has 7 heteroatoms. The molecule has 12 heavy (non-hydrogen) atoms. The minimum Gasteiger partial charge on any atom is -0.390 e. The highest BCUT2D eigenvalue weighted by molar-refractivity contribution is 4.97. The minimum atomic E-state index is -0.621. The van der Waals surface area contributed by atoms with Gasteiger partial charge in [0, 0.05) is 5.10 Å². The zero-order valence-electron chi connectivity index (χ0n) is 6.08. The lowest BCUT2D eigenvalue weighted by Crippen LogP contribution is -2.04. The summed E-state index contributed by atoms with van der Waals surface area (Å²) in [6.45, 7) is 1.24. The Morgan fingerprint density at radius 3 is 3.17 bits per heavy atom. The van der Waals surface area contributed by atoms with Gasteiger partial charge in [-0.15, -0.1) is 0 Å². The molecule has 1 fully saturated rings. The predicted molar refractivity (Wildman–Crippen MR) is 36.4 cm³/mol. The Balaban J connectivity index is 2.06. The number of hydrogen-bond acceptors (Lipinski definition) is 5. The van der Waals surface area contributed by atoms with Crippen molar-refractivity contribution in [2.24, 2.45) is 0 Å². The number of rotatable bonds is 3. The number of nitrogens with zero attached hydrogens (tertiary/aromatic N) is 4. The first kappa shape index (κ1) is 7.17. The normalized spacial score (nSPS) is 20.8. The fraction of sp³-hybridized carbons (Fsp3) is 0.600. The lowest BCUT2D eigenvalue weighted by molar-refractivity contribution is -0.394. The summed E-state index contributed by atoms with van der Waals surface area (Å²) in [7, 11) is 0. The van der Waals surface area contributed by atoms with Crippen LogP contribution in [0.3, 0.4) is 0 Å². The average molecular weight is 170 g/mol. The van der Waals surface area contributed by atoms with Gasteiger partial charge in [-0.1, -0.05) is 4.98 Å². The van der Waals surface area contributed by atoms with Crippen LogP contribution in [0.1, 0.15) is 0 Å². The van der Waals surface area contributed by atoms with Crippen LogP contribution in [0.25, 0.3) is 0 Å². The van der Waals surface area contributed by atoms with Crippen molar-refractivity contribution in [2.45, 2.75) is 12.6 Å². The molecule has 0 N–H and O–H groups in total. The van der Waals surface area contributed by atoms with E-state index < -0.39 is 4.92 Å². The van der Waals surface area contributed by atoms with Gasteiger partial charge in [0.1, 0.15) is 6.10 Å². The van der Waals surface area contributed by atoms with Crippen LogP contribution >= 0.6 is 0 Å². The van der Waals surface area contributed by atoms with Gasteiger partial charge in [0.25, 0.3) is 0 Å². The van der Waals surface area contributed by atoms with E-state index in [-0.39, 0.29) is 12.1 Å². The van der Waals surface area contributed by atoms with E-state index in [1.807, 2.05) is 0 Å². The zero-order valence-corrected chi connectivity index (χ0v) is 6.08. The van der Waals surface area contributed by atoms with Gasteiger partial charge in [0.05, 0.1) is 13.2 Å². The Morgan fingerprint density at radius 1 is 1.92 bits per heavy atom. The van der Waals surface area contributed by atoms with Crippen LogP contribution in [0.5, 0.6) is 0 Å². The summed E-state index contributed by atoms with van der Waals surface area (Å²) in [5.74, 6) is -0.365. The van der Waals surface area contributed by atoms with E-state index in [0.717, 1.165) is 0 Å². The molecule has 0 radical (unpaired) electrons. The summed E-state index contributed by atoms with van der Waals surface area (Å²) >= 11 is 0. The summed E-state index contributed by atoms with van der Waals surface area (Å²) in [6.07, 6.45) is 1.49. The Hall–Kier alpha value is -1.50. The smallest absolute Gasteiger partial charge is 0.390 e. The van der Waals surface area contributed by atoms with Crippen LogP contribution in [0.2, 0.25) is 0 Å². The van der Waals surface area contributed by atoms with Crippen molar-refractivity contribution in [3.8, 4) is 0 Å². The predicted octanol–water partition coefficient (Wildman–Crippen LogP) is -0.415. The van der Waals surface area contributed by atoms with Crippen LogP contribution in [-0.2, 0) is 11.3 Å². The van der Waals surface area contributed by atoms with E-state index in [1.54, 1.807) is 0 Å². The van der Waals surface area contributed by atoms with Crippen LogP contribution in [0.4, 0.5) is 5.95 Å². The molecule has 0 spiro atoms. The van der Waals surface area contributed by atoms with E-state index in [2.05, 4.69) is 10.1 Å². The van der Waals surface area contributed by atoms with Gasteiger partial charge in [-0.2, -0.15) is 4.68 Å². The van der Waals surface area contributed by atoms with Crippen molar-refractivity contribution in [1.82, 2.24) is 14.8 Å². The van der Waals surface area contributed by atoms with Gasteiger partial charge >= 0.3 is 5.95 Å². The molecule has 0 amide bonds. The van der Waals surface area contributed by atoms with Crippen molar-refractivity contribution in [1.29, 1.82) is 0 Å². The molecule has 2 heterocycles.